The summed E-state index contributed by atoms with van der Waals surface area (Å²) in [5, 5.41) is 16.3. The molecule has 156 valence electrons. The van der Waals surface area contributed by atoms with Gasteiger partial charge in [-0.25, -0.2) is 9.78 Å². The molecule has 4 rings (SSSR count). The molecule has 1 N–H and O–H groups in total. The molecule has 0 radical (unpaired) electrons. The number of aryl methyl sites for hydroxylation is 1. The van der Waals surface area contributed by atoms with Crippen LogP contribution in [0, 0.1) is 17.0 Å². The van der Waals surface area contributed by atoms with Crippen molar-refractivity contribution in [2.75, 3.05) is 11.9 Å². The number of thiazole rings is 1. The van der Waals surface area contributed by atoms with Crippen LogP contribution in [-0.4, -0.2) is 22.4 Å². The zero-order valence-electron chi connectivity index (χ0n) is 16.2. The third kappa shape index (κ3) is 4.59. The molecular weight excluding hydrogens is 422 g/mol. The van der Waals surface area contributed by atoms with Crippen LogP contribution in [0.2, 0.25) is 0 Å². The molecule has 9 nitrogen and oxygen atoms in total. The summed E-state index contributed by atoms with van der Waals surface area (Å²) >= 11 is 1.23. The lowest BCUT2D eigenvalue weighted by molar-refractivity contribution is -0.384. The van der Waals surface area contributed by atoms with E-state index in [1.54, 1.807) is 35.7 Å². The molecule has 2 aromatic heterocycles. The summed E-state index contributed by atoms with van der Waals surface area (Å²) in [5.74, 6) is -0.0162. The van der Waals surface area contributed by atoms with Crippen LogP contribution in [0.25, 0.3) is 22.2 Å². The van der Waals surface area contributed by atoms with Crippen LogP contribution in [0.3, 0.4) is 0 Å². The van der Waals surface area contributed by atoms with E-state index >= 15 is 0 Å². The molecule has 10 heteroatoms. The van der Waals surface area contributed by atoms with Gasteiger partial charge >= 0.3 is 5.63 Å². The Morgan fingerprint density at radius 2 is 2.00 bits per heavy atom. The lowest BCUT2D eigenvalue weighted by atomic mass is 10.1. The highest BCUT2D eigenvalue weighted by molar-refractivity contribution is 7.14. The number of nitrogens with one attached hydrogen (secondary N) is 1. The smallest absolute Gasteiger partial charge is 0.336 e. The number of aromatic nitrogens is 1. The third-order valence-corrected chi connectivity index (χ3v) is 5.17. The Balaban J connectivity index is 1.39. The normalized spacial score (nSPS) is 10.7. The maximum absolute atomic E-state index is 12.2. The van der Waals surface area contributed by atoms with Crippen molar-refractivity contribution in [3.8, 4) is 17.0 Å². The third-order valence-electron chi connectivity index (χ3n) is 4.42. The van der Waals surface area contributed by atoms with Gasteiger partial charge in [0.1, 0.15) is 11.3 Å². The van der Waals surface area contributed by atoms with Gasteiger partial charge < -0.3 is 9.15 Å². The second kappa shape index (κ2) is 8.36. The highest BCUT2D eigenvalue weighted by Gasteiger charge is 2.11. The van der Waals surface area contributed by atoms with Gasteiger partial charge in [-0.1, -0.05) is 0 Å². The van der Waals surface area contributed by atoms with Gasteiger partial charge in [-0.3, -0.25) is 20.2 Å². The molecule has 1 amide bonds. The molecule has 2 heterocycles. The SMILES string of the molecule is Cc1cc(=O)oc2cc(OCC(=O)Nc3nc(-c4ccc([N+](=O)[O-])cc4)cs3)ccc12. The summed E-state index contributed by atoms with van der Waals surface area (Å²) in [6.45, 7) is 1.56. The number of benzene rings is 2. The van der Waals surface area contributed by atoms with Crippen molar-refractivity contribution in [2.45, 2.75) is 6.92 Å². The van der Waals surface area contributed by atoms with Crippen molar-refractivity contribution in [1.82, 2.24) is 4.98 Å². The largest absolute Gasteiger partial charge is 0.484 e. The number of nitrogens with zero attached hydrogens (tertiary/aromatic N) is 2. The number of carbonyl (C=O) groups excluding carboxylic acids is 1. The maximum Gasteiger partial charge on any atom is 0.336 e. The first kappa shape index (κ1) is 20.2. The van der Waals surface area contributed by atoms with Gasteiger partial charge in [-0.15, -0.1) is 11.3 Å². The summed E-state index contributed by atoms with van der Waals surface area (Å²) < 4.78 is 10.7. The van der Waals surface area contributed by atoms with E-state index in [4.69, 9.17) is 9.15 Å². The van der Waals surface area contributed by atoms with Gasteiger partial charge in [0.05, 0.1) is 10.6 Å². The summed E-state index contributed by atoms with van der Waals surface area (Å²) in [4.78, 5) is 38.3. The van der Waals surface area contributed by atoms with Crippen LogP contribution >= 0.6 is 11.3 Å². The molecule has 0 aliphatic carbocycles. The molecule has 2 aromatic carbocycles. The standard InChI is InChI=1S/C21H15N3O6S/c1-12-8-20(26)30-18-9-15(6-7-16(12)18)29-10-19(25)23-21-22-17(11-31-21)13-2-4-14(5-3-13)24(27)28/h2-9,11H,10H2,1H3,(H,22,23,25). The van der Waals surface area contributed by atoms with E-state index in [0.717, 1.165) is 10.9 Å². The van der Waals surface area contributed by atoms with Crippen molar-refractivity contribution >= 4 is 39.0 Å². The van der Waals surface area contributed by atoms with E-state index in [1.165, 1.54) is 29.5 Å². The van der Waals surface area contributed by atoms with Crippen molar-refractivity contribution in [3.63, 3.8) is 0 Å². The minimum atomic E-state index is -0.471. The summed E-state index contributed by atoms with van der Waals surface area (Å²) in [6.07, 6.45) is 0. The molecule has 0 atom stereocenters. The Hall–Kier alpha value is -4.05. The number of nitro groups is 1. The molecule has 0 bridgehead atoms. The van der Waals surface area contributed by atoms with Gasteiger partial charge in [0, 0.05) is 40.6 Å². The summed E-state index contributed by atoms with van der Waals surface area (Å²) in [7, 11) is 0. The van der Waals surface area contributed by atoms with Gasteiger partial charge in [-0.2, -0.15) is 0 Å². The fourth-order valence-electron chi connectivity index (χ4n) is 2.92. The Bertz CT molecular complexity index is 1340. The monoisotopic (exact) mass is 437 g/mol. The number of amides is 1. The molecule has 0 saturated carbocycles. The van der Waals surface area contributed by atoms with E-state index in [2.05, 4.69) is 10.3 Å². The Kier molecular flexibility index (Phi) is 5.46. The van der Waals surface area contributed by atoms with Gasteiger partial charge in [0.2, 0.25) is 0 Å². The quantitative estimate of drug-likeness (QED) is 0.273. The molecule has 4 aromatic rings. The topological polar surface area (TPSA) is 125 Å². The van der Waals surface area contributed by atoms with Crippen molar-refractivity contribution < 1.29 is 18.9 Å². The predicted molar refractivity (Wildman–Crippen MR) is 116 cm³/mol. The van der Waals surface area contributed by atoms with E-state index in [1.807, 2.05) is 6.92 Å². The Labute approximate surface area is 179 Å². The lowest BCUT2D eigenvalue weighted by Crippen LogP contribution is -2.20. The first-order valence-corrected chi connectivity index (χ1v) is 9.94. The van der Waals surface area contributed by atoms with Crippen LogP contribution in [0.1, 0.15) is 5.56 Å². The van der Waals surface area contributed by atoms with Crippen molar-refractivity contribution in [3.05, 3.63) is 80.0 Å². The highest BCUT2D eigenvalue weighted by atomic mass is 32.1. The summed E-state index contributed by atoms with van der Waals surface area (Å²) in [6, 6.07) is 12.4. The van der Waals surface area contributed by atoms with E-state index in [-0.39, 0.29) is 12.3 Å². The number of carbonyl (C=O) groups is 1. The molecule has 0 saturated heterocycles. The van der Waals surface area contributed by atoms with Crippen LogP contribution in [0.5, 0.6) is 5.75 Å². The zero-order chi connectivity index (χ0) is 22.0. The van der Waals surface area contributed by atoms with Crippen LogP contribution < -0.4 is 15.7 Å². The Morgan fingerprint density at radius 3 is 2.74 bits per heavy atom. The van der Waals surface area contributed by atoms with E-state index in [0.29, 0.717) is 27.7 Å². The van der Waals surface area contributed by atoms with Crippen molar-refractivity contribution in [2.24, 2.45) is 0 Å². The zero-order valence-corrected chi connectivity index (χ0v) is 17.0. The van der Waals surface area contributed by atoms with Gasteiger partial charge in [0.25, 0.3) is 11.6 Å². The molecule has 31 heavy (non-hydrogen) atoms. The number of fused-ring (bicyclic) bond motifs is 1. The minimum Gasteiger partial charge on any atom is -0.484 e. The fraction of sp³-hybridized carbons (Fsp3) is 0.0952. The molecule has 0 spiro atoms. The number of non-ortho nitro benzene ring substituents is 1. The molecule has 0 aliphatic rings. The number of hydrogen-bond donors (Lipinski definition) is 1. The number of anilines is 1. The van der Waals surface area contributed by atoms with Gasteiger partial charge in [0.15, 0.2) is 11.7 Å². The number of nitro benzene ring substituents is 1. The van der Waals surface area contributed by atoms with Gasteiger partial charge in [-0.05, 0) is 36.8 Å². The van der Waals surface area contributed by atoms with Crippen LogP contribution in [-0.2, 0) is 4.79 Å². The predicted octanol–water partition coefficient (Wildman–Crippen LogP) is 4.15. The van der Waals surface area contributed by atoms with E-state index in [9.17, 15) is 19.7 Å². The number of rotatable bonds is 6. The second-order valence-electron chi connectivity index (χ2n) is 6.59. The fourth-order valence-corrected chi connectivity index (χ4v) is 3.65. The van der Waals surface area contributed by atoms with Crippen LogP contribution in [0.4, 0.5) is 10.8 Å². The summed E-state index contributed by atoms with van der Waals surface area (Å²) in [5.41, 5.74) is 2.02. The first-order chi connectivity index (χ1) is 14.9. The molecule has 0 unspecified atom stereocenters. The lowest BCUT2D eigenvalue weighted by Gasteiger charge is -2.07. The molecule has 0 fully saturated rings. The number of hydrogen-bond acceptors (Lipinski definition) is 8. The molecular formula is C21H15N3O6S. The first-order valence-electron chi connectivity index (χ1n) is 9.06. The minimum absolute atomic E-state index is 0.00668. The van der Waals surface area contributed by atoms with Crippen LogP contribution in [0.15, 0.2) is 63.1 Å². The average molecular weight is 437 g/mol. The van der Waals surface area contributed by atoms with Crippen molar-refractivity contribution in [1.29, 1.82) is 0 Å². The van der Waals surface area contributed by atoms with E-state index < -0.39 is 16.5 Å². The number of ether oxygens (including phenoxy) is 1. The average Bonchev–Trinajstić information content (AvgIpc) is 3.20. The second-order valence-corrected chi connectivity index (χ2v) is 7.44. The molecule has 0 aliphatic heterocycles. The maximum atomic E-state index is 12.2. The Morgan fingerprint density at radius 1 is 1.23 bits per heavy atom. The highest BCUT2D eigenvalue weighted by Crippen LogP contribution is 2.27.